The quantitative estimate of drug-likeness (QED) is 0.404. The Labute approximate surface area is 216 Å². The van der Waals surface area contributed by atoms with Crippen molar-refractivity contribution in [2.75, 3.05) is 36.4 Å². The predicted molar refractivity (Wildman–Crippen MR) is 149 cm³/mol. The molecule has 1 aliphatic heterocycles. The SMILES string of the molecule is Cc1nc(N2CCN(C(=S)Nc3ccc(Cl)cc3)CC2)c2c3c(sc2n1)CC(C(C)(C)C)CC3. The molecular formula is C26H32ClN5S2. The van der Waals surface area contributed by atoms with Crippen LogP contribution in [0.15, 0.2) is 24.3 Å². The summed E-state index contributed by atoms with van der Waals surface area (Å²) in [6.07, 6.45) is 3.54. The zero-order valence-electron chi connectivity index (χ0n) is 20.3. The molecule has 0 radical (unpaired) electrons. The molecule has 0 bridgehead atoms. The lowest BCUT2D eigenvalue weighted by molar-refractivity contribution is 0.218. The van der Waals surface area contributed by atoms with Gasteiger partial charge in [0.15, 0.2) is 5.11 Å². The van der Waals surface area contributed by atoms with E-state index >= 15 is 0 Å². The zero-order valence-corrected chi connectivity index (χ0v) is 22.7. The summed E-state index contributed by atoms with van der Waals surface area (Å²) in [4.78, 5) is 17.2. The van der Waals surface area contributed by atoms with E-state index in [1.807, 2.05) is 42.5 Å². The Morgan fingerprint density at radius 3 is 2.50 bits per heavy atom. The molecule has 1 atom stereocenters. The topological polar surface area (TPSA) is 44.3 Å². The van der Waals surface area contributed by atoms with Crippen LogP contribution in [0.4, 0.5) is 11.5 Å². The van der Waals surface area contributed by atoms with Crippen LogP contribution in [0.25, 0.3) is 10.2 Å². The lowest BCUT2D eigenvalue weighted by Gasteiger charge is -2.37. The smallest absolute Gasteiger partial charge is 0.173 e. The van der Waals surface area contributed by atoms with Crippen molar-refractivity contribution in [3.8, 4) is 0 Å². The molecule has 5 nitrogen and oxygen atoms in total. The van der Waals surface area contributed by atoms with Gasteiger partial charge >= 0.3 is 0 Å². The number of nitrogens with zero attached hydrogens (tertiary/aromatic N) is 4. The van der Waals surface area contributed by atoms with Gasteiger partial charge in [-0.2, -0.15) is 0 Å². The maximum Gasteiger partial charge on any atom is 0.173 e. The van der Waals surface area contributed by atoms with Gasteiger partial charge < -0.3 is 15.1 Å². The molecule has 1 saturated heterocycles. The minimum absolute atomic E-state index is 0.340. The molecule has 180 valence electrons. The van der Waals surface area contributed by atoms with Gasteiger partial charge in [-0.1, -0.05) is 32.4 Å². The maximum atomic E-state index is 6.00. The van der Waals surface area contributed by atoms with Gasteiger partial charge in [-0.05, 0) is 79.6 Å². The van der Waals surface area contributed by atoms with E-state index in [-0.39, 0.29) is 0 Å². The highest BCUT2D eigenvalue weighted by molar-refractivity contribution is 7.80. The Morgan fingerprint density at radius 1 is 1.12 bits per heavy atom. The van der Waals surface area contributed by atoms with Gasteiger partial charge in [-0.25, -0.2) is 9.97 Å². The Kier molecular flexibility index (Phi) is 6.46. The molecule has 2 aliphatic rings. The highest BCUT2D eigenvalue weighted by Gasteiger charge is 2.33. The standard InChI is InChI=1S/C26H32ClN5S2/c1-16-28-23(22-20-10-5-17(26(2,3)4)15-21(20)34-24(22)29-16)31-11-13-32(14-12-31)25(33)30-19-8-6-18(27)7-9-19/h6-9,17H,5,10-15H2,1-4H3,(H,30,33). The van der Waals surface area contributed by atoms with E-state index < -0.39 is 0 Å². The van der Waals surface area contributed by atoms with Gasteiger partial charge in [-0.3, -0.25) is 0 Å². The summed E-state index contributed by atoms with van der Waals surface area (Å²) < 4.78 is 0. The van der Waals surface area contributed by atoms with E-state index in [2.05, 4.69) is 35.9 Å². The van der Waals surface area contributed by atoms with Crippen molar-refractivity contribution < 1.29 is 0 Å². The number of rotatable bonds is 2. The fraction of sp³-hybridized carbons (Fsp3) is 0.500. The molecule has 1 aliphatic carbocycles. The molecule has 1 aromatic carbocycles. The number of nitrogens with one attached hydrogen (secondary N) is 1. The number of hydrogen-bond acceptors (Lipinski definition) is 5. The minimum atomic E-state index is 0.340. The summed E-state index contributed by atoms with van der Waals surface area (Å²) in [6.45, 7) is 12.6. The highest BCUT2D eigenvalue weighted by atomic mass is 35.5. The van der Waals surface area contributed by atoms with Crippen molar-refractivity contribution in [3.63, 3.8) is 0 Å². The third-order valence-electron chi connectivity index (χ3n) is 7.19. The first-order valence-electron chi connectivity index (χ1n) is 12.0. The summed E-state index contributed by atoms with van der Waals surface area (Å²) >= 11 is 13.6. The first-order valence-corrected chi connectivity index (χ1v) is 13.6. The Morgan fingerprint density at radius 2 is 1.82 bits per heavy atom. The summed E-state index contributed by atoms with van der Waals surface area (Å²) in [6, 6.07) is 7.65. The van der Waals surface area contributed by atoms with Gasteiger partial charge in [-0.15, -0.1) is 11.3 Å². The Hall–Kier alpha value is -1.96. The van der Waals surface area contributed by atoms with Crippen molar-refractivity contribution in [1.29, 1.82) is 0 Å². The van der Waals surface area contributed by atoms with Gasteiger partial charge in [0.25, 0.3) is 0 Å². The maximum absolute atomic E-state index is 6.00. The minimum Gasteiger partial charge on any atom is -0.352 e. The van der Waals surface area contributed by atoms with Crippen LogP contribution in [0.3, 0.4) is 0 Å². The molecular weight excluding hydrogens is 482 g/mol. The second-order valence-electron chi connectivity index (χ2n) is 10.5. The van der Waals surface area contributed by atoms with E-state index in [0.717, 1.165) is 77.2 Å². The van der Waals surface area contributed by atoms with Gasteiger partial charge in [0, 0.05) is 41.8 Å². The molecule has 1 N–H and O–H groups in total. The van der Waals surface area contributed by atoms with E-state index in [9.17, 15) is 0 Å². The molecule has 2 aromatic heterocycles. The largest absolute Gasteiger partial charge is 0.352 e. The number of piperazine rings is 1. The molecule has 0 saturated carbocycles. The molecule has 3 heterocycles. The molecule has 1 fully saturated rings. The third kappa shape index (κ3) is 4.75. The monoisotopic (exact) mass is 513 g/mol. The molecule has 34 heavy (non-hydrogen) atoms. The van der Waals surface area contributed by atoms with Crippen LogP contribution in [0.2, 0.25) is 5.02 Å². The fourth-order valence-electron chi connectivity index (χ4n) is 5.09. The molecule has 8 heteroatoms. The van der Waals surface area contributed by atoms with E-state index in [0.29, 0.717) is 5.41 Å². The van der Waals surface area contributed by atoms with Crippen LogP contribution in [0.5, 0.6) is 0 Å². The van der Waals surface area contributed by atoms with Crippen LogP contribution >= 0.6 is 35.2 Å². The number of aromatic nitrogens is 2. The van der Waals surface area contributed by atoms with Gasteiger partial charge in [0.05, 0.1) is 5.39 Å². The van der Waals surface area contributed by atoms with Crippen LogP contribution in [-0.2, 0) is 12.8 Å². The van der Waals surface area contributed by atoms with Crippen LogP contribution in [-0.4, -0.2) is 46.2 Å². The number of thiophene rings is 1. The summed E-state index contributed by atoms with van der Waals surface area (Å²) in [5.74, 6) is 2.70. The second-order valence-corrected chi connectivity index (χ2v) is 12.4. The lowest BCUT2D eigenvalue weighted by Crippen LogP contribution is -2.50. The van der Waals surface area contributed by atoms with Gasteiger partial charge in [0.2, 0.25) is 0 Å². The number of fused-ring (bicyclic) bond motifs is 3. The fourth-order valence-corrected chi connectivity index (χ4v) is 6.85. The average Bonchev–Trinajstić information content (AvgIpc) is 3.17. The number of thiocarbonyl (C=S) groups is 1. The lowest BCUT2D eigenvalue weighted by atomic mass is 9.72. The normalized spacial score (nSPS) is 18.8. The second kappa shape index (κ2) is 9.25. The van der Waals surface area contributed by atoms with E-state index in [4.69, 9.17) is 33.8 Å². The molecule has 3 aromatic rings. The number of aryl methyl sites for hydroxylation is 2. The molecule has 5 rings (SSSR count). The van der Waals surface area contributed by atoms with Crippen molar-refractivity contribution >= 4 is 62.0 Å². The first kappa shape index (κ1) is 23.8. The number of anilines is 2. The number of benzene rings is 1. The van der Waals surface area contributed by atoms with Crippen molar-refractivity contribution in [2.24, 2.45) is 11.3 Å². The molecule has 0 amide bonds. The van der Waals surface area contributed by atoms with Crippen molar-refractivity contribution in [3.05, 3.63) is 45.6 Å². The van der Waals surface area contributed by atoms with Crippen LogP contribution in [0, 0.1) is 18.3 Å². The summed E-state index contributed by atoms with van der Waals surface area (Å²) in [5.41, 5.74) is 2.80. The van der Waals surface area contributed by atoms with Crippen LogP contribution < -0.4 is 10.2 Å². The number of hydrogen-bond donors (Lipinski definition) is 1. The third-order valence-corrected chi connectivity index (χ3v) is 8.95. The summed E-state index contributed by atoms with van der Waals surface area (Å²) in [7, 11) is 0. The zero-order chi connectivity index (χ0) is 24.0. The van der Waals surface area contributed by atoms with Gasteiger partial charge in [0.1, 0.15) is 16.5 Å². The van der Waals surface area contributed by atoms with Crippen molar-refractivity contribution in [2.45, 2.75) is 47.0 Å². The Balaban J connectivity index is 1.34. The average molecular weight is 514 g/mol. The van der Waals surface area contributed by atoms with E-state index in [1.165, 1.54) is 22.2 Å². The predicted octanol–water partition coefficient (Wildman–Crippen LogP) is 6.32. The van der Waals surface area contributed by atoms with E-state index in [1.54, 1.807) is 0 Å². The first-order chi connectivity index (χ1) is 16.2. The molecule has 1 unspecified atom stereocenters. The molecule has 0 spiro atoms. The summed E-state index contributed by atoms with van der Waals surface area (Å²) in [5, 5.41) is 6.12. The highest BCUT2D eigenvalue weighted by Crippen LogP contribution is 2.45. The van der Waals surface area contributed by atoms with Crippen LogP contribution in [0.1, 0.15) is 43.5 Å². The number of halogens is 1. The Bertz CT molecular complexity index is 1210. The van der Waals surface area contributed by atoms with Crippen molar-refractivity contribution in [1.82, 2.24) is 14.9 Å².